The van der Waals surface area contributed by atoms with Crippen molar-refractivity contribution in [3.63, 3.8) is 0 Å². The summed E-state index contributed by atoms with van der Waals surface area (Å²) >= 11 is 5.50. The van der Waals surface area contributed by atoms with Crippen LogP contribution in [0, 0.1) is 6.92 Å². The van der Waals surface area contributed by atoms with Crippen molar-refractivity contribution in [2.75, 3.05) is 11.6 Å². The Bertz CT molecular complexity index is 456. The molecule has 1 heterocycles. The molecule has 0 saturated heterocycles. The fourth-order valence-corrected chi connectivity index (χ4v) is 2.66. The predicted octanol–water partition coefficient (Wildman–Crippen LogP) is 1.17. The van der Waals surface area contributed by atoms with E-state index in [1.165, 1.54) is 0 Å². The largest absolute Gasteiger partial charge is 0.273 e. The summed E-state index contributed by atoms with van der Waals surface area (Å²) in [6.45, 7) is 2.20. The third-order valence-corrected chi connectivity index (χ3v) is 4.29. The average molecular weight is 280 g/mol. The van der Waals surface area contributed by atoms with E-state index in [1.54, 1.807) is 10.9 Å². The summed E-state index contributed by atoms with van der Waals surface area (Å²) in [5.74, 6) is 0.621. The summed E-state index contributed by atoms with van der Waals surface area (Å²) in [6.07, 6.45) is 2.98. The molecule has 7 heteroatoms. The second-order valence-corrected chi connectivity index (χ2v) is 6.22. The molecular weight excluding hydrogens is 262 g/mol. The second kappa shape index (κ2) is 6.37. The van der Waals surface area contributed by atoms with Crippen LogP contribution in [0.15, 0.2) is 6.20 Å². The van der Waals surface area contributed by atoms with E-state index in [1.807, 2.05) is 14.0 Å². The molecule has 1 aromatic rings. The maximum Gasteiger partial charge on any atom is 0.211 e. The van der Waals surface area contributed by atoms with Crippen LogP contribution in [0.4, 0.5) is 0 Å². The quantitative estimate of drug-likeness (QED) is 0.602. The van der Waals surface area contributed by atoms with Gasteiger partial charge in [-0.15, -0.1) is 11.6 Å². The number of alkyl halides is 1. The van der Waals surface area contributed by atoms with E-state index >= 15 is 0 Å². The molecular formula is C10H18ClN3O2S. The van der Waals surface area contributed by atoms with Gasteiger partial charge in [0, 0.05) is 30.7 Å². The number of aryl methyl sites for hydroxylation is 1. The number of rotatable bonds is 7. The third-order valence-electron chi connectivity index (χ3n) is 2.62. The number of halogens is 1. The molecule has 1 N–H and O–H groups in total. The van der Waals surface area contributed by atoms with Gasteiger partial charge in [-0.1, -0.05) is 0 Å². The Kier molecular flexibility index (Phi) is 5.42. The van der Waals surface area contributed by atoms with E-state index in [4.69, 9.17) is 11.6 Å². The molecule has 1 rings (SSSR count). The standard InChI is InChI=1S/C10H18ClN3O2S/c1-9-10(7-12-14(9)2)8-13-17(15,16)6-4-3-5-11/h7,13H,3-6,8H2,1-2H3. The fourth-order valence-electron chi connectivity index (χ4n) is 1.36. The van der Waals surface area contributed by atoms with Crippen LogP contribution in [0.5, 0.6) is 0 Å². The SMILES string of the molecule is Cc1c(CNS(=O)(=O)CCCCCl)cnn1C. The number of nitrogens with zero attached hydrogens (tertiary/aromatic N) is 2. The first-order valence-corrected chi connectivity index (χ1v) is 7.65. The van der Waals surface area contributed by atoms with E-state index in [0.717, 1.165) is 11.3 Å². The van der Waals surface area contributed by atoms with Crippen molar-refractivity contribution < 1.29 is 8.42 Å². The lowest BCUT2D eigenvalue weighted by atomic mass is 10.3. The van der Waals surface area contributed by atoms with Crippen LogP contribution in [0.1, 0.15) is 24.1 Å². The smallest absolute Gasteiger partial charge is 0.211 e. The molecule has 0 aliphatic heterocycles. The summed E-state index contributed by atoms with van der Waals surface area (Å²) in [4.78, 5) is 0. The zero-order chi connectivity index (χ0) is 12.9. The highest BCUT2D eigenvalue weighted by Crippen LogP contribution is 2.06. The second-order valence-electron chi connectivity index (χ2n) is 3.91. The number of unbranched alkanes of at least 4 members (excludes halogenated alkanes) is 1. The molecule has 98 valence electrons. The van der Waals surface area contributed by atoms with E-state index in [2.05, 4.69) is 9.82 Å². The lowest BCUT2D eigenvalue weighted by molar-refractivity contribution is 0.578. The fraction of sp³-hybridized carbons (Fsp3) is 0.700. The highest BCUT2D eigenvalue weighted by molar-refractivity contribution is 7.89. The lowest BCUT2D eigenvalue weighted by Crippen LogP contribution is -2.26. The van der Waals surface area contributed by atoms with Gasteiger partial charge in [0.2, 0.25) is 10.0 Å². The van der Waals surface area contributed by atoms with Gasteiger partial charge in [-0.3, -0.25) is 4.68 Å². The molecule has 0 fully saturated rings. The lowest BCUT2D eigenvalue weighted by Gasteiger charge is -2.05. The number of sulfonamides is 1. The van der Waals surface area contributed by atoms with E-state index in [9.17, 15) is 8.42 Å². The molecule has 5 nitrogen and oxygen atoms in total. The van der Waals surface area contributed by atoms with Crippen molar-refractivity contribution in [2.45, 2.75) is 26.3 Å². The molecule has 0 spiro atoms. The minimum Gasteiger partial charge on any atom is -0.273 e. The van der Waals surface area contributed by atoms with Crippen LogP contribution in [-0.2, 0) is 23.6 Å². The van der Waals surface area contributed by atoms with E-state index in [-0.39, 0.29) is 5.75 Å². The monoisotopic (exact) mass is 279 g/mol. The maximum absolute atomic E-state index is 11.6. The summed E-state index contributed by atoms with van der Waals surface area (Å²) < 4.78 is 27.5. The van der Waals surface area contributed by atoms with Gasteiger partial charge in [-0.05, 0) is 19.8 Å². The minimum atomic E-state index is -3.21. The predicted molar refractivity (Wildman–Crippen MR) is 68.5 cm³/mol. The highest BCUT2D eigenvalue weighted by atomic mass is 35.5. The van der Waals surface area contributed by atoms with Crippen LogP contribution < -0.4 is 4.72 Å². The Morgan fingerprint density at radius 2 is 2.18 bits per heavy atom. The van der Waals surface area contributed by atoms with Gasteiger partial charge in [-0.2, -0.15) is 5.10 Å². The summed E-state index contributed by atoms with van der Waals surface area (Å²) in [7, 11) is -1.38. The van der Waals surface area contributed by atoms with Crippen LogP contribution in [0.25, 0.3) is 0 Å². The highest BCUT2D eigenvalue weighted by Gasteiger charge is 2.11. The van der Waals surface area contributed by atoms with Crippen LogP contribution in [0.2, 0.25) is 0 Å². The Hall–Kier alpha value is -0.590. The first-order valence-electron chi connectivity index (χ1n) is 5.47. The third kappa shape index (κ3) is 4.65. The molecule has 0 radical (unpaired) electrons. The van der Waals surface area contributed by atoms with Gasteiger partial charge in [0.15, 0.2) is 0 Å². The van der Waals surface area contributed by atoms with Crippen molar-refractivity contribution in [3.05, 3.63) is 17.5 Å². The number of hydrogen-bond donors (Lipinski definition) is 1. The van der Waals surface area contributed by atoms with Gasteiger partial charge in [0.05, 0.1) is 11.9 Å². The van der Waals surface area contributed by atoms with Gasteiger partial charge < -0.3 is 0 Å². The summed E-state index contributed by atoms with van der Waals surface area (Å²) in [5, 5.41) is 4.06. The van der Waals surface area contributed by atoms with Gasteiger partial charge in [0.1, 0.15) is 0 Å². The van der Waals surface area contributed by atoms with Crippen LogP contribution in [-0.4, -0.2) is 29.8 Å². The molecule has 0 atom stereocenters. The average Bonchev–Trinajstić information content (AvgIpc) is 2.58. The molecule has 1 aromatic heterocycles. The van der Waals surface area contributed by atoms with Crippen LogP contribution in [0.3, 0.4) is 0 Å². The Balaban J connectivity index is 2.47. The molecule has 0 saturated carbocycles. The number of aromatic nitrogens is 2. The van der Waals surface area contributed by atoms with Gasteiger partial charge >= 0.3 is 0 Å². The Labute approximate surface area is 107 Å². The molecule has 0 unspecified atom stereocenters. The number of hydrogen-bond acceptors (Lipinski definition) is 3. The van der Waals surface area contributed by atoms with Gasteiger partial charge in [0.25, 0.3) is 0 Å². The minimum absolute atomic E-state index is 0.124. The molecule has 0 amide bonds. The Morgan fingerprint density at radius 1 is 1.47 bits per heavy atom. The van der Waals surface area contributed by atoms with Crippen molar-refractivity contribution in [3.8, 4) is 0 Å². The maximum atomic E-state index is 11.6. The zero-order valence-electron chi connectivity index (χ0n) is 10.1. The number of nitrogens with one attached hydrogen (secondary N) is 1. The first kappa shape index (κ1) is 14.5. The topological polar surface area (TPSA) is 64.0 Å². The van der Waals surface area contributed by atoms with Crippen molar-refractivity contribution in [1.82, 2.24) is 14.5 Å². The summed E-state index contributed by atoms with van der Waals surface area (Å²) in [5.41, 5.74) is 1.86. The van der Waals surface area contributed by atoms with E-state index < -0.39 is 10.0 Å². The van der Waals surface area contributed by atoms with E-state index in [0.29, 0.717) is 25.3 Å². The molecule has 0 bridgehead atoms. The van der Waals surface area contributed by atoms with Crippen molar-refractivity contribution >= 4 is 21.6 Å². The molecule has 17 heavy (non-hydrogen) atoms. The molecule has 0 aromatic carbocycles. The van der Waals surface area contributed by atoms with Crippen LogP contribution >= 0.6 is 11.6 Å². The molecule has 0 aliphatic carbocycles. The normalized spacial score (nSPS) is 11.9. The Morgan fingerprint density at radius 3 is 2.71 bits per heavy atom. The summed E-state index contributed by atoms with van der Waals surface area (Å²) in [6, 6.07) is 0. The van der Waals surface area contributed by atoms with Crippen molar-refractivity contribution in [1.29, 1.82) is 0 Å². The zero-order valence-corrected chi connectivity index (χ0v) is 11.7. The van der Waals surface area contributed by atoms with Crippen molar-refractivity contribution in [2.24, 2.45) is 7.05 Å². The first-order chi connectivity index (χ1) is 7.96. The van der Waals surface area contributed by atoms with Gasteiger partial charge in [-0.25, -0.2) is 13.1 Å². The molecule has 0 aliphatic rings.